The van der Waals surface area contributed by atoms with Gasteiger partial charge in [-0.2, -0.15) is 0 Å². The molecule has 1 aromatic carbocycles. The number of nitrogens with zero attached hydrogens (tertiary/aromatic N) is 1. The Labute approximate surface area is 105 Å². The van der Waals surface area contributed by atoms with Crippen LogP contribution in [-0.4, -0.2) is 0 Å². The van der Waals surface area contributed by atoms with E-state index in [-0.39, 0.29) is 5.41 Å². The van der Waals surface area contributed by atoms with Crippen LogP contribution in [0.3, 0.4) is 0 Å². The van der Waals surface area contributed by atoms with Gasteiger partial charge in [0, 0.05) is 6.20 Å². The van der Waals surface area contributed by atoms with E-state index >= 15 is 0 Å². The maximum absolute atomic E-state index is 6.08. The standard InChI is InChI=1S/C15H24N2/c1-5-9-13(15(2,3)4)12-17(16)14-10-7-6-8-11-14/h6-8,10-12H,5,9,16H2,1-4H3/b13-12+. The highest BCUT2D eigenvalue weighted by Crippen LogP contribution is 2.29. The number of hydrogen-bond acceptors (Lipinski definition) is 2. The SMILES string of the molecule is CCC/C(=C\N(N)c1ccccc1)C(C)(C)C. The van der Waals surface area contributed by atoms with Gasteiger partial charge in [0.25, 0.3) is 0 Å². The fraction of sp³-hybridized carbons (Fsp3) is 0.467. The highest BCUT2D eigenvalue weighted by Gasteiger charge is 2.17. The summed E-state index contributed by atoms with van der Waals surface area (Å²) >= 11 is 0. The Morgan fingerprint density at radius 3 is 2.29 bits per heavy atom. The zero-order valence-electron chi connectivity index (χ0n) is 11.4. The van der Waals surface area contributed by atoms with Gasteiger partial charge >= 0.3 is 0 Å². The van der Waals surface area contributed by atoms with E-state index in [2.05, 4.69) is 33.9 Å². The van der Waals surface area contributed by atoms with E-state index in [0.29, 0.717) is 0 Å². The second-order valence-electron chi connectivity index (χ2n) is 5.40. The van der Waals surface area contributed by atoms with Gasteiger partial charge in [0.2, 0.25) is 0 Å². The van der Waals surface area contributed by atoms with Crippen molar-refractivity contribution >= 4 is 5.69 Å². The predicted octanol–water partition coefficient (Wildman–Crippen LogP) is 4.10. The molecule has 1 rings (SSSR count). The summed E-state index contributed by atoms with van der Waals surface area (Å²) in [5, 5.41) is 1.72. The van der Waals surface area contributed by atoms with Crippen molar-refractivity contribution in [1.29, 1.82) is 0 Å². The molecule has 0 aliphatic heterocycles. The van der Waals surface area contributed by atoms with Crippen LogP contribution in [0.15, 0.2) is 42.1 Å². The number of anilines is 1. The van der Waals surface area contributed by atoms with Gasteiger partial charge in [-0.15, -0.1) is 0 Å². The zero-order valence-corrected chi connectivity index (χ0v) is 11.4. The normalized spacial score (nSPS) is 12.6. The number of nitrogens with two attached hydrogens (primary N) is 1. The molecule has 0 amide bonds. The Hall–Kier alpha value is -1.28. The summed E-state index contributed by atoms with van der Waals surface area (Å²) in [5.74, 6) is 6.08. The molecular formula is C15H24N2. The Balaban J connectivity index is 2.91. The van der Waals surface area contributed by atoms with Crippen LogP contribution in [0.4, 0.5) is 5.69 Å². The summed E-state index contributed by atoms with van der Waals surface area (Å²) in [4.78, 5) is 0. The van der Waals surface area contributed by atoms with Crippen LogP contribution >= 0.6 is 0 Å². The van der Waals surface area contributed by atoms with Gasteiger partial charge in [-0.3, -0.25) is 5.01 Å². The molecule has 0 aromatic heterocycles. The van der Waals surface area contributed by atoms with E-state index in [0.717, 1.165) is 18.5 Å². The number of rotatable bonds is 4. The Morgan fingerprint density at radius 1 is 1.24 bits per heavy atom. The molecular weight excluding hydrogens is 208 g/mol. The molecule has 0 saturated carbocycles. The molecule has 0 radical (unpaired) electrons. The van der Waals surface area contributed by atoms with E-state index in [4.69, 9.17) is 5.84 Å². The van der Waals surface area contributed by atoms with Crippen molar-refractivity contribution in [1.82, 2.24) is 0 Å². The fourth-order valence-electron chi connectivity index (χ4n) is 1.75. The number of hydrogen-bond donors (Lipinski definition) is 1. The van der Waals surface area contributed by atoms with Crippen molar-refractivity contribution < 1.29 is 0 Å². The molecule has 2 N–H and O–H groups in total. The third kappa shape index (κ3) is 4.23. The van der Waals surface area contributed by atoms with Crippen molar-refractivity contribution in [2.75, 3.05) is 5.01 Å². The molecule has 0 unspecified atom stereocenters. The van der Waals surface area contributed by atoms with Crippen LogP contribution in [0.1, 0.15) is 40.5 Å². The van der Waals surface area contributed by atoms with Crippen LogP contribution < -0.4 is 10.9 Å². The van der Waals surface area contributed by atoms with Gasteiger partial charge in [0.1, 0.15) is 0 Å². The van der Waals surface area contributed by atoms with Gasteiger partial charge in [-0.25, -0.2) is 5.84 Å². The first kappa shape index (κ1) is 13.8. The zero-order chi connectivity index (χ0) is 12.9. The molecule has 0 aliphatic rings. The molecule has 94 valence electrons. The van der Waals surface area contributed by atoms with Gasteiger partial charge in [-0.05, 0) is 29.5 Å². The average Bonchev–Trinajstić information content (AvgIpc) is 2.28. The summed E-state index contributed by atoms with van der Waals surface area (Å²) < 4.78 is 0. The van der Waals surface area contributed by atoms with E-state index in [1.807, 2.05) is 30.3 Å². The van der Waals surface area contributed by atoms with E-state index in [1.54, 1.807) is 5.01 Å². The van der Waals surface area contributed by atoms with Crippen LogP contribution in [-0.2, 0) is 0 Å². The molecule has 0 saturated heterocycles. The van der Waals surface area contributed by atoms with Gasteiger partial charge < -0.3 is 0 Å². The van der Waals surface area contributed by atoms with E-state index in [9.17, 15) is 0 Å². The van der Waals surface area contributed by atoms with E-state index in [1.165, 1.54) is 5.57 Å². The third-order valence-corrected chi connectivity index (χ3v) is 2.83. The second-order valence-corrected chi connectivity index (χ2v) is 5.40. The monoisotopic (exact) mass is 232 g/mol. The average molecular weight is 232 g/mol. The maximum Gasteiger partial charge on any atom is 0.0568 e. The van der Waals surface area contributed by atoms with Crippen molar-refractivity contribution in [3.05, 3.63) is 42.1 Å². The topological polar surface area (TPSA) is 29.3 Å². The smallest absolute Gasteiger partial charge is 0.0568 e. The van der Waals surface area contributed by atoms with Gasteiger partial charge in [0.15, 0.2) is 0 Å². The molecule has 0 fully saturated rings. The molecule has 2 nitrogen and oxygen atoms in total. The second kappa shape index (κ2) is 5.87. The molecule has 0 aliphatic carbocycles. The van der Waals surface area contributed by atoms with Crippen molar-refractivity contribution in [2.45, 2.75) is 40.5 Å². The largest absolute Gasteiger partial charge is 0.287 e. The minimum Gasteiger partial charge on any atom is -0.287 e. The van der Waals surface area contributed by atoms with Crippen LogP contribution in [0, 0.1) is 5.41 Å². The number of allylic oxidation sites excluding steroid dienone is 1. The summed E-state index contributed by atoms with van der Waals surface area (Å²) in [5.41, 5.74) is 2.57. The molecule has 2 heteroatoms. The fourth-order valence-corrected chi connectivity index (χ4v) is 1.75. The number of benzene rings is 1. The van der Waals surface area contributed by atoms with Crippen LogP contribution in [0.2, 0.25) is 0 Å². The molecule has 0 heterocycles. The summed E-state index contributed by atoms with van der Waals surface area (Å²) in [6.45, 7) is 8.89. The Kier molecular flexibility index (Phi) is 4.76. The lowest BCUT2D eigenvalue weighted by molar-refractivity contribution is 0.477. The minimum absolute atomic E-state index is 0.169. The lowest BCUT2D eigenvalue weighted by Crippen LogP contribution is -2.26. The highest BCUT2D eigenvalue weighted by molar-refractivity contribution is 5.47. The van der Waals surface area contributed by atoms with Gasteiger partial charge in [0.05, 0.1) is 5.69 Å². The molecule has 0 spiro atoms. The first-order valence-electron chi connectivity index (χ1n) is 6.25. The number of hydrazine groups is 1. The lowest BCUT2D eigenvalue weighted by atomic mass is 9.84. The highest BCUT2D eigenvalue weighted by atomic mass is 15.4. The van der Waals surface area contributed by atoms with Crippen LogP contribution in [0.25, 0.3) is 0 Å². The predicted molar refractivity (Wildman–Crippen MR) is 75.6 cm³/mol. The van der Waals surface area contributed by atoms with E-state index < -0.39 is 0 Å². The summed E-state index contributed by atoms with van der Waals surface area (Å²) in [6.07, 6.45) is 4.30. The minimum atomic E-state index is 0.169. The van der Waals surface area contributed by atoms with Gasteiger partial charge in [-0.1, -0.05) is 52.3 Å². The quantitative estimate of drug-likeness (QED) is 0.625. The third-order valence-electron chi connectivity index (χ3n) is 2.83. The van der Waals surface area contributed by atoms with Crippen molar-refractivity contribution in [2.24, 2.45) is 11.3 Å². The number of para-hydroxylation sites is 1. The van der Waals surface area contributed by atoms with Crippen LogP contribution in [0.5, 0.6) is 0 Å². The molecule has 0 bridgehead atoms. The first-order chi connectivity index (χ1) is 7.95. The summed E-state index contributed by atoms with van der Waals surface area (Å²) in [6, 6.07) is 10.0. The lowest BCUT2D eigenvalue weighted by Gasteiger charge is -2.25. The molecule has 17 heavy (non-hydrogen) atoms. The molecule has 1 aromatic rings. The first-order valence-corrected chi connectivity index (χ1v) is 6.25. The Morgan fingerprint density at radius 2 is 1.82 bits per heavy atom. The maximum atomic E-state index is 6.08. The van der Waals surface area contributed by atoms with Crippen molar-refractivity contribution in [3.63, 3.8) is 0 Å². The summed E-state index contributed by atoms with van der Waals surface area (Å²) in [7, 11) is 0. The molecule has 0 atom stereocenters. The van der Waals surface area contributed by atoms with Crippen molar-refractivity contribution in [3.8, 4) is 0 Å². The Bertz CT molecular complexity index is 360.